The van der Waals surface area contributed by atoms with E-state index in [1.807, 2.05) is 26.2 Å². The van der Waals surface area contributed by atoms with Crippen LogP contribution in [-0.4, -0.2) is 77.5 Å². The van der Waals surface area contributed by atoms with E-state index in [0.717, 1.165) is 0 Å². The van der Waals surface area contributed by atoms with E-state index in [4.69, 9.17) is 13.6 Å². The SMILES string of the molecule is CCOC(=O)NCC(O)C[Si](C)(C)O[Si](C)(C)CC(O)CNC(=O)OCC. The van der Waals surface area contributed by atoms with E-state index in [-0.39, 0.29) is 26.3 Å². The minimum atomic E-state index is -2.22. The van der Waals surface area contributed by atoms with Crippen LogP contribution in [0, 0.1) is 0 Å². The van der Waals surface area contributed by atoms with Gasteiger partial charge in [-0.05, 0) is 52.1 Å². The highest BCUT2D eigenvalue weighted by Gasteiger charge is 2.36. The van der Waals surface area contributed by atoms with Gasteiger partial charge in [0.2, 0.25) is 0 Å². The number of aliphatic hydroxyl groups is 2. The van der Waals surface area contributed by atoms with Gasteiger partial charge in [0.25, 0.3) is 0 Å². The number of carbonyl (C=O) groups is 2. The Morgan fingerprint density at radius 3 is 1.44 bits per heavy atom. The van der Waals surface area contributed by atoms with Crippen molar-refractivity contribution in [3.8, 4) is 0 Å². The first-order chi connectivity index (χ1) is 12.4. The Morgan fingerprint density at radius 2 is 1.15 bits per heavy atom. The molecule has 2 amide bonds. The Kier molecular flexibility index (Phi) is 11.8. The number of nitrogens with one attached hydrogen (secondary N) is 2. The summed E-state index contributed by atoms with van der Waals surface area (Å²) in [5, 5.41) is 25.4. The first-order valence-corrected chi connectivity index (χ1v) is 15.5. The Balaban J connectivity index is 4.40. The standard InChI is InChI=1S/C16H36N2O7Si2/c1-7-23-15(21)17-9-13(19)11-26(3,4)25-27(5,6)12-14(20)10-18-16(22)24-8-2/h13-14,19-20H,7-12H2,1-6H3,(H,17,21)(H,18,22). The van der Waals surface area contributed by atoms with E-state index < -0.39 is 41.0 Å². The Morgan fingerprint density at radius 1 is 0.815 bits per heavy atom. The van der Waals surface area contributed by atoms with Crippen LogP contribution in [-0.2, 0) is 13.6 Å². The van der Waals surface area contributed by atoms with Crippen LogP contribution < -0.4 is 10.6 Å². The molecule has 0 aliphatic heterocycles. The van der Waals surface area contributed by atoms with Gasteiger partial charge in [0.1, 0.15) is 0 Å². The molecule has 0 bridgehead atoms. The summed E-state index contributed by atoms with van der Waals surface area (Å²) in [6.45, 7) is 12.2. The summed E-state index contributed by atoms with van der Waals surface area (Å²) in [5.41, 5.74) is 0. The van der Waals surface area contributed by atoms with Crippen LogP contribution in [0.2, 0.25) is 38.3 Å². The molecule has 0 radical (unpaired) electrons. The molecule has 0 aliphatic rings. The highest BCUT2D eigenvalue weighted by Crippen LogP contribution is 2.23. The van der Waals surface area contributed by atoms with Crippen LogP contribution in [0.15, 0.2) is 0 Å². The van der Waals surface area contributed by atoms with E-state index in [0.29, 0.717) is 12.1 Å². The van der Waals surface area contributed by atoms with Crippen molar-refractivity contribution in [1.82, 2.24) is 10.6 Å². The predicted octanol–water partition coefficient (Wildman–Crippen LogP) is 1.63. The second-order valence-electron chi connectivity index (χ2n) is 7.54. The maximum atomic E-state index is 11.3. The summed E-state index contributed by atoms with van der Waals surface area (Å²) in [6.07, 6.45) is -2.56. The normalized spacial score (nSPS) is 14.2. The van der Waals surface area contributed by atoms with Gasteiger partial charge in [-0.1, -0.05) is 0 Å². The molecule has 0 aromatic heterocycles. The maximum absolute atomic E-state index is 11.3. The van der Waals surface area contributed by atoms with Gasteiger partial charge in [-0.25, -0.2) is 9.59 Å². The van der Waals surface area contributed by atoms with Crippen molar-refractivity contribution in [3.63, 3.8) is 0 Å². The summed E-state index contributed by atoms with van der Waals surface area (Å²) < 4.78 is 15.9. The third-order valence-corrected chi connectivity index (χ3v) is 10.9. The molecule has 0 aromatic carbocycles. The van der Waals surface area contributed by atoms with Crippen LogP contribution in [0.25, 0.3) is 0 Å². The van der Waals surface area contributed by atoms with E-state index in [9.17, 15) is 19.8 Å². The topological polar surface area (TPSA) is 126 Å². The lowest BCUT2D eigenvalue weighted by molar-refractivity contribution is 0.137. The zero-order valence-electron chi connectivity index (χ0n) is 17.3. The smallest absolute Gasteiger partial charge is 0.407 e. The van der Waals surface area contributed by atoms with E-state index >= 15 is 0 Å². The quantitative estimate of drug-likeness (QED) is 0.351. The fraction of sp³-hybridized carbons (Fsp3) is 0.875. The molecule has 0 spiro atoms. The second-order valence-corrected chi connectivity index (χ2v) is 16.2. The van der Waals surface area contributed by atoms with Crippen molar-refractivity contribution >= 4 is 28.8 Å². The van der Waals surface area contributed by atoms with Crippen LogP contribution in [0.5, 0.6) is 0 Å². The molecular formula is C16H36N2O7Si2. The van der Waals surface area contributed by atoms with Crippen molar-refractivity contribution in [2.24, 2.45) is 0 Å². The molecule has 0 aliphatic carbocycles. The molecule has 160 valence electrons. The number of hydrogen-bond acceptors (Lipinski definition) is 7. The predicted molar refractivity (Wildman–Crippen MR) is 108 cm³/mol. The van der Waals surface area contributed by atoms with Crippen LogP contribution in [0.3, 0.4) is 0 Å². The molecule has 2 atom stereocenters. The highest BCUT2D eigenvalue weighted by molar-refractivity contribution is 6.85. The largest absolute Gasteiger partial charge is 0.455 e. The average molecular weight is 425 g/mol. The van der Waals surface area contributed by atoms with Crippen molar-refractivity contribution in [2.45, 2.75) is 64.3 Å². The summed E-state index contributed by atoms with van der Waals surface area (Å²) in [6, 6.07) is 0.903. The molecule has 0 rings (SSSR count). The van der Waals surface area contributed by atoms with Gasteiger partial charge in [-0.2, -0.15) is 0 Å². The highest BCUT2D eigenvalue weighted by atomic mass is 28.4. The number of alkyl carbamates (subject to hydrolysis) is 2. The number of aliphatic hydroxyl groups excluding tert-OH is 2. The lowest BCUT2D eigenvalue weighted by Crippen LogP contribution is -2.49. The van der Waals surface area contributed by atoms with Crippen molar-refractivity contribution in [2.75, 3.05) is 26.3 Å². The minimum absolute atomic E-state index is 0.104. The zero-order chi connectivity index (χ0) is 21.1. The molecule has 9 nitrogen and oxygen atoms in total. The van der Waals surface area contributed by atoms with Crippen molar-refractivity contribution < 1.29 is 33.4 Å². The molecule has 0 saturated heterocycles. The average Bonchev–Trinajstić information content (AvgIpc) is 2.49. The Labute approximate surface area is 164 Å². The third kappa shape index (κ3) is 13.6. The van der Waals surface area contributed by atoms with Gasteiger partial charge in [0, 0.05) is 13.1 Å². The fourth-order valence-electron chi connectivity index (χ4n) is 2.88. The maximum Gasteiger partial charge on any atom is 0.407 e. The first kappa shape index (κ1) is 25.9. The number of ether oxygens (including phenoxy) is 2. The molecule has 4 N–H and O–H groups in total. The molecule has 0 heterocycles. The summed E-state index contributed by atoms with van der Waals surface area (Å²) in [7, 11) is -4.44. The van der Waals surface area contributed by atoms with Crippen LogP contribution in [0.4, 0.5) is 9.59 Å². The molecule has 27 heavy (non-hydrogen) atoms. The van der Waals surface area contributed by atoms with Crippen LogP contribution in [0.1, 0.15) is 13.8 Å². The Hall–Kier alpha value is -1.15. The zero-order valence-corrected chi connectivity index (χ0v) is 19.3. The van der Waals surface area contributed by atoms with Gasteiger partial charge in [-0.15, -0.1) is 0 Å². The number of amides is 2. The van der Waals surface area contributed by atoms with Gasteiger partial charge < -0.3 is 34.4 Å². The lowest BCUT2D eigenvalue weighted by atomic mass is 10.4. The van der Waals surface area contributed by atoms with E-state index in [1.54, 1.807) is 13.8 Å². The second kappa shape index (κ2) is 12.3. The third-order valence-electron chi connectivity index (χ3n) is 3.52. The molecule has 0 aromatic rings. The fourth-order valence-corrected chi connectivity index (χ4v) is 12.1. The van der Waals surface area contributed by atoms with Crippen molar-refractivity contribution in [1.29, 1.82) is 0 Å². The van der Waals surface area contributed by atoms with Gasteiger partial charge >= 0.3 is 12.2 Å². The molecular weight excluding hydrogens is 388 g/mol. The molecule has 0 fully saturated rings. The summed E-state index contributed by atoms with van der Waals surface area (Å²) in [4.78, 5) is 22.6. The molecule has 2 unspecified atom stereocenters. The van der Waals surface area contributed by atoms with Crippen molar-refractivity contribution in [3.05, 3.63) is 0 Å². The van der Waals surface area contributed by atoms with Gasteiger partial charge in [-0.3, -0.25) is 0 Å². The molecule has 0 saturated carbocycles. The van der Waals surface area contributed by atoms with E-state index in [1.165, 1.54) is 0 Å². The number of hydrogen-bond donors (Lipinski definition) is 4. The van der Waals surface area contributed by atoms with E-state index in [2.05, 4.69) is 10.6 Å². The summed E-state index contributed by atoms with van der Waals surface area (Å²) >= 11 is 0. The molecule has 11 heteroatoms. The Bertz CT molecular complexity index is 424. The van der Waals surface area contributed by atoms with Gasteiger partial charge in [0.15, 0.2) is 16.6 Å². The monoisotopic (exact) mass is 424 g/mol. The number of rotatable bonds is 12. The lowest BCUT2D eigenvalue weighted by Gasteiger charge is -2.36. The van der Waals surface area contributed by atoms with Crippen LogP contribution >= 0.6 is 0 Å². The first-order valence-electron chi connectivity index (χ1n) is 9.28. The van der Waals surface area contributed by atoms with Gasteiger partial charge in [0.05, 0.1) is 25.4 Å². The number of carbonyl (C=O) groups excluding carboxylic acids is 2. The summed E-state index contributed by atoms with van der Waals surface area (Å²) in [5.74, 6) is 0. The minimum Gasteiger partial charge on any atom is -0.455 e.